The van der Waals surface area contributed by atoms with E-state index in [4.69, 9.17) is 4.98 Å². The lowest BCUT2D eigenvalue weighted by Gasteiger charge is -2.14. The second kappa shape index (κ2) is 7.66. The molecule has 1 unspecified atom stereocenters. The third kappa shape index (κ3) is 4.37. The maximum atomic E-state index is 4.93. The molecule has 1 aromatic heterocycles. The molecular formula is C15H27N3S2. The molecule has 3 nitrogen and oxygen atoms in total. The number of hydrogen-bond acceptors (Lipinski definition) is 5. The summed E-state index contributed by atoms with van der Waals surface area (Å²) in [5.74, 6) is 1.72. The van der Waals surface area contributed by atoms with Gasteiger partial charge in [0.15, 0.2) is 5.13 Å². The van der Waals surface area contributed by atoms with E-state index in [0.717, 1.165) is 31.3 Å². The van der Waals surface area contributed by atoms with Gasteiger partial charge in [0.05, 0.1) is 5.69 Å². The molecule has 0 bridgehead atoms. The standard InChI is InChI=1S/C15H27N3S2/c1-5-11(2)14-13(10-16-12-6-7-12)20-15(17-14)18(3)8-9-19-4/h11-12,16H,5-10H2,1-4H3. The van der Waals surface area contributed by atoms with Crippen molar-refractivity contribution in [2.75, 3.05) is 30.5 Å². The highest BCUT2D eigenvalue weighted by atomic mass is 32.2. The fourth-order valence-corrected chi connectivity index (χ4v) is 3.64. The van der Waals surface area contributed by atoms with Crippen molar-refractivity contribution < 1.29 is 0 Å². The van der Waals surface area contributed by atoms with E-state index in [1.54, 1.807) is 0 Å². The highest BCUT2D eigenvalue weighted by molar-refractivity contribution is 7.98. The van der Waals surface area contributed by atoms with Gasteiger partial charge in [-0.2, -0.15) is 11.8 Å². The van der Waals surface area contributed by atoms with Crippen LogP contribution in [0.4, 0.5) is 5.13 Å². The Morgan fingerprint density at radius 3 is 2.85 bits per heavy atom. The van der Waals surface area contributed by atoms with Crippen LogP contribution in [0.3, 0.4) is 0 Å². The van der Waals surface area contributed by atoms with Gasteiger partial charge in [-0.15, -0.1) is 11.3 Å². The first-order valence-electron chi connectivity index (χ1n) is 7.58. The molecule has 0 saturated heterocycles. The van der Waals surface area contributed by atoms with Crippen LogP contribution in [0.25, 0.3) is 0 Å². The van der Waals surface area contributed by atoms with Gasteiger partial charge < -0.3 is 10.2 Å². The van der Waals surface area contributed by atoms with Crippen molar-refractivity contribution in [3.8, 4) is 0 Å². The Morgan fingerprint density at radius 1 is 1.50 bits per heavy atom. The molecule has 1 aliphatic carbocycles. The maximum Gasteiger partial charge on any atom is 0.185 e. The van der Waals surface area contributed by atoms with Gasteiger partial charge in [-0.05, 0) is 31.4 Å². The zero-order valence-electron chi connectivity index (χ0n) is 13.1. The van der Waals surface area contributed by atoms with Gasteiger partial charge in [0.2, 0.25) is 0 Å². The number of anilines is 1. The van der Waals surface area contributed by atoms with Crippen molar-refractivity contribution in [3.05, 3.63) is 10.6 Å². The molecule has 1 fully saturated rings. The van der Waals surface area contributed by atoms with E-state index in [1.807, 2.05) is 23.1 Å². The van der Waals surface area contributed by atoms with E-state index >= 15 is 0 Å². The predicted molar refractivity (Wildman–Crippen MR) is 92.3 cm³/mol. The maximum absolute atomic E-state index is 4.93. The van der Waals surface area contributed by atoms with E-state index in [1.165, 1.54) is 28.5 Å². The van der Waals surface area contributed by atoms with Crippen LogP contribution in [-0.2, 0) is 6.54 Å². The Morgan fingerprint density at radius 2 is 2.25 bits per heavy atom. The Balaban J connectivity index is 2.07. The number of aromatic nitrogens is 1. The molecule has 1 aliphatic rings. The minimum atomic E-state index is 0.560. The Bertz CT molecular complexity index is 415. The lowest BCUT2D eigenvalue weighted by molar-refractivity contribution is 0.660. The van der Waals surface area contributed by atoms with E-state index in [2.05, 4.69) is 37.4 Å². The van der Waals surface area contributed by atoms with Crippen LogP contribution >= 0.6 is 23.1 Å². The summed E-state index contributed by atoms with van der Waals surface area (Å²) in [5, 5.41) is 4.82. The number of hydrogen-bond donors (Lipinski definition) is 1. The molecular weight excluding hydrogens is 286 g/mol. The summed E-state index contributed by atoms with van der Waals surface area (Å²) in [4.78, 5) is 8.67. The van der Waals surface area contributed by atoms with Gasteiger partial charge in [-0.1, -0.05) is 13.8 Å². The van der Waals surface area contributed by atoms with Crippen molar-refractivity contribution in [1.82, 2.24) is 10.3 Å². The first kappa shape index (κ1) is 16.1. The fourth-order valence-electron chi connectivity index (χ4n) is 2.07. The van der Waals surface area contributed by atoms with Gasteiger partial charge in [0.1, 0.15) is 0 Å². The topological polar surface area (TPSA) is 28.2 Å². The smallest absolute Gasteiger partial charge is 0.185 e. The van der Waals surface area contributed by atoms with Crippen LogP contribution < -0.4 is 10.2 Å². The van der Waals surface area contributed by atoms with E-state index < -0.39 is 0 Å². The first-order valence-corrected chi connectivity index (χ1v) is 9.79. The van der Waals surface area contributed by atoms with Crippen molar-refractivity contribution in [3.63, 3.8) is 0 Å². The summed E-state index contributed by atoms with van der Waals surface area (Å²) < 4.78 is 0. The van der Waals surface area contributed by atoms with Crippen LogP contribution in [0.5, 0.6) is 0 Å². The zero-order valence-corrected chi connectivity index (χ0v) is 14.7. The molecule has 2 rings (SSSR count). The van der Waals surface area contributed by atoms with Crippen molar-refractivity contribution in [2.24, 2.45) is 0 Å². The van der Waals surface area contributed by atoms with Gasteiger partial charge >= 0.3 is 0 Å². The minimum absolute atomic E-state index is 0.560. The molecule has 1 heterocycles. The van der Waals surface area contributed by atoms with Gasteiger partial charge in [0, 0.05) is 36.8 Å². The quantitative estimate of drug-likeness (QED) is 0.752. The number of nitrogens with zero attached hydrogens (tertiary/aromatic N) is 2. The molecule has 1 N–H and O–H groups in total. The normalized spacial score (nSPS) is 16.4. The predicted octanol–water partition coefficient (Wildman–Crippen LogP) is 3.71. The number of thiazole rings is 1. The molecule has 1 atom stereocenters. The largest absolute Gasteiger partial charge is 0.350 e. The molecule has 1 aromatic rings. The second-order valence-corrected chi connectivity index (χ2v) is 7.73. The van der Waals surface area contributed by atoms with E-state index in [-0.39, 0.29) is 0 Å². The molecule has 5 heteroatoms. The fraction of sp³-hybridized carbons (Fsp3) is 0.800. The van der Waals surface area contributed by atoms with Crippen LogP contribution in [-0.4, -0.2) is 36.6 Å². The Hall–Kier alpha value is -0.260. The number of rotatable bonds is 9. The van der Waals surface area contributed by atoms with Gasteiger partial charge in [-0.3, -0.25) is 0 Å². The summed E-state index contributed by atoms with van der Waals surface area (Å²) in [7, 11) is 2.16. The van der Waals surface area contributed by atoms with Crippen LogP contribution in [0, 0.1) is 0 Å². The van der Waals surface area contributed by atoms with Crippen LogP contribution in [0.15, 0.2) is 0 Å². The second-order valence-electron chi connectivity index (χ2n) is 5.68. The number of nitrogens with one attached hydrogen (secondary N) is 1. The Labute approximate surface area is 131 Å². The summed E-state index contributed by atoms with van der Waals surface area (Å²) in [6, 6.07) is 0.763. The van der Waals surface area contributed by atoms with Gasteiger partial charge in [0.25, 0.3) is 0 Å². The molecule has 20 heavy (non-hydrogen) atoms. The summed E-state index contributed by atoms with van der Waals surface area (Å²) in [6.45, 7) is 6.61. The highest BCUT2D eigenvalue weighted by Crippen LogP contribution is 2.32. The van der Waals surface area contributed by atoms with Crippen molar-refractivity contribution in [2.45, 2.75) is 51.6 Å². The first-order chi connectivity index (χ1) is 9.65. The average Bonchev–Trinajstić information content (AvgIpc) is 3.19. The lowest BCUT2D eigenvalue weighted by Crippen LogP contribution is -2.19. The molecule has 0 aromatic carbocycles. The monoisotopic (exact) mass is 313 g/mol. The van der Waals surface area contributed by atoms with Crippen LogP contribution in [0.1, 0.15) is 49.6 Å². The van der Waals surface area contributed by atoms with E-state index in [0.29, 0.717) is 5.92 Å². The average molecular weight is 314 g/mol. The molecule has 0 aliphatic heterocycles. The summed E-state index contributed by atoms with van der Waals surface area (Å²) >= 11 is 3.77. The Kier molecular flexibility index (Phi) is 6.18. The van der Waals surface area contributed by atoms with Crippen molar-refractivity contribution in [1.29, 1.82) is 0 Å². The molecule has 0 spiro atoms. The molecule has 0 radical (unpaired) electrons. The third-order valence-corrected chi connectivity index (χ3v) is 5.66. The molecule has 1 saturated carbocycles. The van der Waals surface area contributed by atoms with Crippen LogP contribution in [0.2, 0.25) is 0 Å². The zero-order chi connectivity index (χ0) is 14.5. The summed E-state index contributed by atoms with van der Waals surface area (Å²) in [5.41, 5.74) is 1.32. The number of thioether (sulfide) groups is 1. The SMILES string of the molecule is CCC(C)c1nc(N(C)CCSC)sc1CNC1CC1. The van der Waals surface area contributed by atoms with Crippen molar-refractivity contribution >= 4 is 28.2 Å². The summed E-state index contributed by atoms with van der Waals surface area (Å²) in [6.07, 6.45) is 6.01. The minimum Gasteiger partial charge on any atom is -0.350 e. The third-order valence-electron chi connectivity index (χ3n) is 3.88. The van der Waals surface area contributed by atoms with E-state index in [9.17, 15) is 0 Å². The molecule has 0 amide bonds. The molecule has 114 valence electrons. The lowest BCUT2D eigenvalue weighted by atomic mass is 10.0. The van der Waals surface area contributed by atoms with Gasteiger partial charge in [-0.25, -0.2) is 4.98 Å². The highest BCUT2D eigenvalue weighted by Gasteiger charge is 2.23.